The molecule has 0 saturated heterocycles. The van der Waals surface area contributed by atoms with E-state index in [4.69, 9.17) is 10.5 Å². The molecule has 0 aromatic carbocycles. The summed E-state index contributed by atoms with van der Waals surface area (Å²) in [4.78, 5) is 0. The Labute approximate surface area is 74.8 Å². The van der Waals surface area contributed by atoms with Crippen LogP contribution in [0.2, 0.25) is 0 Å². The Morgan fingerprint density at radius 3 is 2.08 bits per heavy atom. The summed E-state index contributed by atoms with van der Waals surface area (Å²) in [5.74, 6) is 0. The van der Waals surface area contributed by atoms with E-state index in [9.17, 15) is 0 Å². The lowest BCUT2D eigenvalue weighted by molar-refractivity contribution is 0.702. The zero-order valence-electron chi connectivity index (χ0n) is 7.42. The molecule has 0 rings (SSSR count). The molecule has 0 aromatic heterocycles. The maximum Gasteiger partial charge on any atom is 0.0621 e. The summed E-state index contributed by atoms with van der Waals surface area (Å²) in [6, 6.07) is 4.24. The number of hydrogen-bond donors (Lipinski definition) is 0. The predicted octanol–water partition coefficient (Wildman–Crippen LogP) is 2.97. The van der Waals surface area contributed by atoms with Crippen molar-refractivity contribution in [2.45, 2.75) is 44.9 Å². The Morgan fingerprint density at radius 2 is 1.42 bits per heavy atom. The van der Waals surface area contributed by atoms with Gasteiger partial charge in [0.15, 0.2) is 0 Å². The largest absolute Gasteiger partial charge is 0.198 e. The van der Waals surface area contributed by atoms with Crippen molar-refractivity contribution < 1.29 is 0 Å². The first-order valence-electron chi connectivity index (χ1n) is 4.47. The summed E-state index contributed by atoms with van der Waals surface area (Å²) in [6.45, 7) is 0. The molecular formula is C10H15N2. The molecule has 0 amide bonds. The molecule has 0 spiro atoms. The zero-order valence-corrected chi connectivity index (χ0v) is 7.42. The van der Waals surface area contributed by atoms with Crippen LogP contribution in [0.25, 0.3) is 0 Å². The summed E-state index contributed by atoms with van der Waals surface area (Å²) < 4.78 is 0. The lowest BCUT2D eigenvalue weighted by atomic mass is 10.1. The van der Waals surface area contributed by atoms with Crippen LogP contribution >= 0.6 is 0 Å². The van der Waals surface area contributed by atoms with Crippen molar-refractivity contribution >= 4 is 0 Å². The van der Waals surface area contributed by atoms with Crippen LogP contribution in [0.15, 0.2) is 0 Å². The molecule has 0 aliphatic heterocycles. The smallest absolute Gasteiger partial charge is 0.0621 e. The molecule has 12 heavy (non-hydrogen) atoms. The summed E-state index contributed by atoms with van der Waals surface area (Å²) in [5, 5.41) is 16.5. The Hall–Kier alpha value is -1.02. The van der Waals surface area contributed by atoms with Gasteiger partial charge < -0.3 is 0 Å². The van der Waals surface area contributed by atoms with Gasteiger partial charge in [0, 0.05) is 12.8 Å². The van der Waals surface area contributed by atoms with Crippen LogP contribution in [0.3, 0.4) is 0 Å². The maximum atomic E-state index is 8.24. The van der Waals surface area contributed by atoms with Crippen molar-refractivity contribution in [3.8, 4) is 12.1 Å². The van der Waals surface area contributed by atoms with Crippen molar-refractivity contribution in [2.24, 2.45) is 0 Å². The van der Waals surface area contributed by atoms with Gasteiger partial charge in [-0.25, -0.2) is 0 Å². The maximum absolute atomic E-state index is 8.24. The van der Waals surface area contributed by atoms with E-state index >= 15 is 0 Å². The normalized spacial score (nSPS) is 8.83. The molecule has 0 fully saturated rings. The van der Waals surface area contributed by atoms with Gasteiger partial charge in [-0.05, 0) is 25.7 Å². The third kappa shape index (κ3) is 8.98. The molecule has 0 saturated carbocycles. The van der Waals surface area contributed by atoms with Gasteiger partial charge >= 0.3 is 0 Å². The monoisotopic (exact) mass is 163 g/mol. The minimum Gasteiger partial charge on any atom is -0.198 e. The molecule has 2 nitrogen and oxygen atoms in total. The van der Waals surface area contributed by atoms with E-state index in [1.165, 1.54) is 0 Å². The minimum atomic E-state index is 0.661. The number of rotatable bonds is 7. The van der Waals surface area contributed by atoms with E-state index in [-0.39, 0.29) is 0 Å². The van der Waals surface area contributed by atoms with E-state index in [2.05, 4.69) is 18.6 Å². The van der Waals surface area contributed by atoms with Crippen molar-refractivity contribution in [1.29, 1.82) is 10.5 Å². The summed E-state index contributed by atoms with van der Waals surface area (Å²) in [7, 11) is 0. The first kappa shape index (κ1) is 11.0. The number of nitrogens with zero attached hydrogens (tertiary/aromatic N) is 2. The molecule has 0 unspecified atom stereocenters. The molecule has 65 valence electrons. The molecule has 0 N–H and O–H groups in total. The van der Waals surface area contributed by atoms with Gasteiger partial charge in [-0.3, -0.25) is 0 Å². The first-order valence-corrected chi connectivity index (χ1v) is 4.47. The fourth-order valence-corrected chi connectivity index (χ4v) is 0.963. The van der Waals surface area contributed by atoms with Gasteiger partial charge in [-0.1, -0.05) is 12.8 Å². The van der Waals surface area contributed by atoms with Crippen LogP contribution in [0.1, 0.15) is 44.9 Å². The van der Waals surface area contributed by atoms with Crippen LogP contribution in [-0.4, -0.2) is 0 Å². The van der Waals surface area contributed by atoms with Crippen LogP contribution in [0.4, 0.5) is 0 Å². The highest BCUT2D eigenvalue weighted by atomic mass is 14.2. The topological polar surface area (TPSA) is 47.6 Å². The summed E-state index contributed by atoms with van der Waals surface area (Å²) >= 11 is 0. The van der Waals surface area contributed by atoms with Gasteiger partial charge in [-0.2, -0.15) is 10.5 Å². The Kier molecular flexibility index (Phi) is 9.13. The molecule has 1 radical (unpaired) electrons. The zero-order chi connectivity index (χ0) is 9.07. The third-order valence-electron chi connectivity index (χ3n) is 1.64. The second-order valence-electron chi connectivity index (χ2n) is 2.74. The lowest BCUT2D eigenvalue weighted by Gasteiger charge is -1.96. The van der Waals surface area contributed by atoms with Gasteiger partial charge in [0.25, 0.3) is 0 Å². The van der Waals surface area contributed by atoms with E-state index in [1.54, 1.807) is 0 Å². The highest BCUT2D eigenvalue weighted by molar-refractivity contribution is 4.73. The van der Waals surface area contributed by atoms with Gasteiger partial charge in [-0.15, -0.1) is 0 Å². The average Bonchev–Trinajstić information content (AvgIpc) is 2.10. The van der Waals surface area contributed by atoms with Gasteiger partial charge in [0.1, 0.15) is 0 Å². The van der Waals surface area contributed by atoms with E-state index in [1.807, 2.05) is 0 Å². The van der Waals surface area contributed by atoms with E-state index in [0.717, 1.165) is 32.1 Å². The van der Waals surface area contributed by atoms with Crippen LogP contribution in [-0.2, 0) is 0 Å². The molecule has 0 aliphatic carbocycles. The molecular weight excluding hydrogens is 148 g/mol. The molecule has 0 atom stereocenters. The Bertz CT molecular complexity index is 142. The Morgan fingerprint density at radius 1 is 0.833 bits per heavy atom. The minimum absolute atomic E-state index is 0.661. The SMILES string of the molecule is N#CCCC[CH]CCCCC#N. The summed E-state index contributed by atoms with van der Waals surface area (Å²) in [5.41, 5.74) is 0. The second-order valence-corrected chi connectivity index (χ2v) is 2.74. The van der Waals surface area contributed by atoms with Crippen LogP contribution in [0, 0.1) is 29.1 Å². The fraction of sp³-hybridized carbons (Fsp3) is 0.700. The van der Waals surface area contributed by atoms with Crippen molar-refractivity contribution in [3.05, 3.63) is 6.42 Å². The molecule has 0 aliphatic rings. The quantitative estimate of drug-likeness (QED) is 0.542. The third-order valence-corrected chi connectivity index (χ3v) is 1.64. The molecule has 0 heterocycles. The predicted molar refractivity (Wildman–Crippen MR) is 47.8 cm³/mol. The number of unbranched alkanes of at least 4 members (excludes halogenated alkanes) is 7. The highest BCUT2D eigenvalue weighted by Crippen LogP contribution is 2.06. The second kappa shape index (κ2) is 9.98. The van der Waals surface area contributed by atoms with Crippen molar-refractivity contribution in [3.63, 3.8) is 0 Å². The molecule has 2 heteroatoms. The highest BCUT2D eigenvalue weighted by Gasteiger charge is 1.90. The van der Waals surface area contributed by atoms with Crippen molar-refractivity contribution in [1.82, 2.24) is 0 Å². The van der Waals surface area contributed by atoms with Crippen molar-refractivity contribution in [2.75, 3.05) is 0 Å². The average molecular weight is 163 g/mol. The number of hydrogen-bond acceptors (Lipinski definition) is 2. The van der Waals surface area contributed by atoms with E-state index < -0.39 is 0 Å². The number of nitriles is 2. The summed E-state index contributed by atoms with van der Waals surface area (Å²) in [6.07, 6.45) is 8.78. The first-order chi connectivity index (χ1) is 5.91. The fourth-order valence-electron chi connectivity index (χ4n) is 0.963. The molecule has 0 aromatic rings. The standard InChI is InChI=1S/C10H15N2/c11-9-7-5-3-1-2-4-6-8-10-12/h1H,2-8H2. The molecule has 0 bridgehead atoms. The lowest BCUT2D eigenvalue weighted by Crippen LogP contribution is -1.80. The van der Waals surface area contributed by atoms with Gasteiger partial charge in [0.2, 0.25) is 0 Å². The van der Waals surface area contributed by atoms with E-state index in [0.29, 0.717) is 12.8 Å². The van der Waals surface area contributed by atoms with Gasteiger partial charge in [0.05, 0.1) is 12.1 Å². The van der Waals surface area contributed by atoms with Crippen LogP contribution in [0.5, 0.6) is 0 Å². The Balaban J connectivity index is 2.84. The van der Waals surface area contributed by atoms with Crippen LogP contribution < -0.4 is 0 Å².